The molecule has 2 aromatic heterocycles. The van der Waals surface area contributed by atoms with Crippen molar-refractivity contribution in [1.29, 1.82) is 0 Å². The zero-order chi connectivity index (χ0) is 32.0. The van der Waals surface area contributed by atoms with E-state index in [0.29, 0.717) is 42.2 Å². The van der Waals surface area contributed by atoms with Gasteiger partial charge in [0.1, 0.15) is 17.3 Å². The van der Waals surface area contributed by atoms with Crippen LogP contribution in [0, 0.1) is 24.0 Å². The summed E-state index contributed by atoms with van der Waals surface area (Å²) in [6.07, 6.45) is 9.33. The van der Waals surface area contributed by atoms with Gasteiger partial charge in [-0.3, -0.25) is 4.79 Å². The lowest BCUT2D eigenvalue weighted by Gasteiger charge is -2.19. The number of hydrogen-bond acceptors (Lipinski definition) is 5. The lowest BCUT2D eigenvalue weighted by atomic mass is 9.97. The number of aromatic nitrogens is 2. The number of pyridine rings is 1. The van der Waals surface area contributed by atoms with Gasteiger partial charge in [0.15, 0.2) is 0 Å². The van der Waals surface area contributed by atoms with Gasteiger partial charge in [0.05, 0.1) is 35.1 Å². The minimum atomic E-state index is -0.688. The predicted octanol–water partition coefficient (Wildman–Crippen LogP) is 8.70. The van der Waals surface area contributed by atoms with E-state index in [1.54, 1.807) is 13.1 Å². The molecule has 6 nitrogen and oxygen atoms in total. The Morgan fingerprint density at radius 3 is 2.41 bits per heavy atom. The fraction of sp³-hybridized carbons (Fsp3) is 0.500. The number of halogens is 2. The monoisotopic (exact) mass is 607 g/mol. The molecule has 1 atom stereocenters. The Kier molecular flexibility index (Phi) is 11.0. The summed E-state index contributed by atoms with van der Waals surface area (Å²) in [4.78, 5) is 17.3. The Morgan fingerprint density at radius 1 is 1.11 bits per heavy atom. The Bertz CT molecular complexity index is 1520. The van der Waals surface area contributed by atoms with Gasteiger partial charge in [-0.25, -0.2) is 13.8 Å². The second kappa shape index (κ2) is 14.5. The van der Waals surface area contributed by atoms with E-state index in [4.69, 9.17) is 14.5 Å². The number of benzene rings is 1. The fourth-order valence-corrected chi connectivity index (χ4v) is 5.70. The Morgan fingerprint density at radius 2 is 1.82 bits per heavy atom. The van der Waals surface area contributed by atoms with Crippen LogP contribution >= 0.6 is 0 Å². The summed E-state index contributed by atoms with van der Waals surface area (Å²) in [6.45, 7) is 14.6. The molecule has 2 heterocycles. The molecule has 238 valence electrons. The fourth-order valence-electron chi connectivity index (χ4n) is 5.70. The van der Waals surface area contributed by atoms with Gasteiger partial charge in [-0.15, -0.1) is 0 Å². The number of allylic oxidation sites excluding steroid dienone is 1. The van der Waals surface area contributed by atoms with Crippen molar-refractivity contribution in [2.24, 2.45) is 5.41 Å². The number of esters is 1. The molecule has 4 rings (SSSR count). The highest BCUT2D eigenvalue weighted by molar-refractivity contribution is 5.84. The van der Waals surface area contributed by atoms with Crippen LogP contribution in [-0.2, 0) is 20.7 Å². The van der Waals surface area contributed by atoms with Crippen molar-refractivity contribution < 1.29 is 23.0 Å². The van der Waals surface area contributed by atoms with Crippen LogP contribution in [0.1, 0.15) is 96.9 Å². The average molecular weight is 608 g/mol. The molecule has 44 heavy (non-hydrogen) atoms. The first-order valence-electron chi connectivity index (χ1n) is 15.9. The number of carbonyl (C=O) groups excluding carboxylic acids is 1. The van der Waals surface area contributed by atoms with Crippen LogP contribution in [0.25, 0.3) is 22.6 Å². The summed E-state index contributed by atoms with van der Waals surface area (Å²) in [6, 6.07) is 6.61. The number of hydrogen-bond donors (Lipinski definition) is 1. The largest absolute Gasteiger partial charge is 0.465 e. The quantitative estimate of drug-likeness (QED) is 0.175. The van der Waals surface area contributed by atoms with E-state index in [0.717, 1.165) is 60.9 Å². The molecule has 0 amide bonds. The van der Waals surface area contributed by atoms with Crippen molar-refractivity contribution in [3.8, 4) is 11.3 Å². The molecule has 0 aliphatic heterocycles. The third-order valence-corrected chi connectivity index (χ3v) is 8.41. The van der Waals surface area contributed by atoms with E-state index in [2.05, 4.69) is 19.2 Å². The van der Waals surface area contributed by atoms with Crippen LogP contribution in [0.15, 0.2) is 47.8 Å². The van der Waals surface area contributed by atoms with E-state index in [1.807, 2.05) is 50.4 Å². The van der Waals surface area contributed by atoms with Gasteiger partial charge in [-0.2, -0.15) is 0 Å². The number of carbonyl (C=O) groups is 1. The molecule has 1 fully saturated rings. The Balaban J connectivity index is 1.72. The molecular formula is C36H47F2N3O3. The van der Waals surface area contributed by atoms with Gasteiger partial charge in [-0.05, 0) is 95.7 Å². The maximum absolute atomic E-state index is 16.1. The lowest BCUT2D eigenvalue weighted by Crippen LogP contribution is -2.21. The Hall–Kier alpha value is -3.52. The molecule has 0 radical (unpaired) electrons. The molecule has 1 saturated carbocycles. The first-order valence-corrected chi connectivity index (χ1v) is 15.9. The number of imidazole rings is 1. The molecule has 1 unspecified atom stereocenters. The summed E-state index contributed by atoms with van der Waals surface area (Å²) < 4.78 is 45.6. The van der Waals surface area contributed by atoms with E-state index in [9.17, 15) is 4.79 Å². The van der Waals surface area contributed by atoms with E-state index in [-0.39, 0.29) is 17.6 Å². The number of nitrogens with one attached hydrogen (secondary N) is 1. The summed E-state index contributed by atoms with van der Waals surface area (Å²) in [5.74, 6) is -1.61. The van der Waals surface area contributed by atoms with Crippen LogP contribution in [0.4, 0.5) is 8.78 Å². The second-order valence-corrected chi connectivity index (χ2v) is 12.1. The van der Waals surface area contributed by atoms with Crippen LogP contribution in [0.2, 0.25) is 0 Å². The third kappa shape index (κ3) is 7.23. The van der Waals surface area contributed by atoms with Crippen molar-refractivity contribution in [3.05, 3.63) is 76.3 Å². The molecule has 0 bridgehead atoms. The second-order valence-electron chi connectivity index (χ2n) is 12.1. The Labute approximate surface area is 260 Å². The molecule has 0 spiro atoms. The maximum Gasteiger partial charge on any atom is 0.316 e. The zero-order valence-corrected chi connectivity index (χ0v) is 27.3. The highest BCUT2D eigenvalue weighted by atomic mass is 19.1. The van der Waals surface area contributed by atoms with Gasteiger partial charge in [0.25, 0.3) is 0 Å². The summed E-state index contributed by atoms with van der Waals surface area (Å²) in [5, 5.41) is 3.24. The molecule has 0 saturated heterocycles. The minimum absolute atomic E-state index is 0.0823. The highest BCUT2D eigenvalue weighted by Gasteiger charge is 2.52. The first kappa shape index (κ1) is 33.4. The first-order chi connectivity index (χ1) is 21.1. The molecular weight excluding hydrogens is 560 g/mol. The summed E-state index contributed by atoms with van der Waals surface area (Å²) >= 11 is 0. The third-order valence-electron chi connectivity index (χ3n) is 8.41. The standard InChI is InChI=1S/C36H47F2N3O3/c1-8-11-12-27(44-17-9-2)21-30-34(40-31-18-24(6)13-16-41(30)31)32-28(37)19-26(20-29(32)38)33(23(4)5)39-22-25(7)36(14-15-36)35(42)43-10-3/h13,16,18-20,22,27,39H,8-12,14-15,17,21H2,1-7H3. The predicted molar refractivity (Wildman–Crippen MR) is 172 cm³/mol. The molecule has 1 aliphatic carbocycles. The van der Waals surface area contributed by atoms with Crippen LogP contribution < -0.4 is 5.32 Å². The van der Waals surface area contributed by atoms with Crippen molar-refractivity contribution in [1.82, 2.24) is 14.7 Å². The van der Waals surface area contributed by atoms with Gasteiger partial charge in [-0.1, -0.05) is 32.3 Å². The summed E-state index contributed by atoms with van der Waals surface area (Å²) in [5.41, 5.74) is 4.55. The molecule has 3 aromatic rings. The van der Waals surface area contributed by atoms with E-state index >= 15 is 8.78 Å². The molecule has 1 N–H and O–H groups in total. The number of unbranched alkanes of at least 4 members (excludes halogenated alkanes) is 1. The van der Waals surface area contributed by atoms with Gasteiger partial charge in [0.2, 0.25) is 0 Å². The van der Waals surface area contributed by atoms with E-state index in [1.165, 1.54) is 12.1 Å². The van der Waals surface area contributed by atoms with Crippen molar-refractivity contribution >= 4 is 17.3 Å². The normalized spacial score (nSPS) is 14.9. The van der Waals surface area contributed by atoms with Gasteiger partial charge < -0.3 is 19.2 Å². The SMILES string of the molecule is CCCCC(Cc1c(-c2c(F)cc(C(NC=C(C)C3(C(=O)OCC)CC3)=C(C)C)cc2F)nc2cc(C)ccn12)OCCC. The van der Waals surface area contributed by atoms with Crippen molar-refractivity contribution in [3.63, 3.8) is 0 Å². The molecule has 1 aliphatic rings. The maximum atomic E-state index is 16.1. The smallest absolute Gasteiger partial charge is 0.316 e. The number of ether oxygens (including phenoxy) is 2. The number of nitrogens with zero attached hydrogens (tertiary/aromatic N) is 2. The zero-order valence-electron chi connectivity index (χ0n) is 27.3. The highest BCUT2D eigenvalue weighted by Crippen LogP contribution is 2.52. The molecule has 8 heteroatoms. The van der Waals surface area contributed by atoms with E-state index < -0.39 is 17.0 Å². The van der Waals surface area contributed by atoms with Gasteiger partial charge in [0, 0.05) is 36.7 Å². The van der Waals surface area contributed by atoms with Crippen LogP contribution in [-0.4, -0.2) is 34.7 Å². The number of rotatable bonds is 15. The van der Waals surface area contributed by atoms with Crippen LogP contribution in [0.5, 0.6) is 0 Å². The topological polar surface area (TPSA) is 64.9 Å². The summed E-state index contributed by atoms with van der Waals surface area (Å²) in [7, 11) is 0. The van der Waals surface area contributed by atoms with Crippen molar-refractivity contribution in [2.45, 2.75) is 99.5 Å². The lowest BCUT2D eigenvalue weighted by molar-refractivity contribution is -0.148. The van der Waals surface area contributed by atoms with Crippen LogP contribution in [0.3, 0.4) is 0 Å². The minimum Gasteiger partial charge on any atom is -0.465 e. The molecule has 1 aromatic carbocycles. The van der Waals surface area contributed by atoms with Crippen molar-refractivity contribution in [2.75, 3.05) is 13.2 Å². The average Bonchev–Trinajstić information content (AvgIpc) is 3.72. The van der Waals surface area contributed by atoms with Gasteiger partial charge >= 0.3 is 5.97 Å². The number of aryl methyl sites for hydroxylation is 1. The number of fused-ring (bicyclic) bond motifs is 1.